The molecule has 4 nitrogen and oxygen atoms in total. The van der Waals surface area contributed by atoms with Crippen LogP contribution in [0.5, 0.6) is 5.75 Å². The van der Waals surface area contributed by atoms with E-state index < -0.39 is 0 Å². The molecule has 0 aliphatic carbocycles. The van der Waals surface area contributed by atoms with Crippen LogP contribution in [-0.4, -0.2) is 16.0 Å². The molecule has 0 saturated heterocycles. The minimum atomic E-state index is -0.280. The van der Waals surface area contributed by atoms with E-state index in [1.807, 2.05) is 64.1 Å². The molecule has 1 heterocycles. The van der Waals surface area contributed by atoms with Gasteiger partial charge in [0.2, 0.25) is 5.91 Å². The number of phenolic OH excluding ortho intramolecular Hbond substituents is 1. The van der Waals surface area contributed by atoms with Crippen molar-refractivity contribution in [2.24, 2.45) is 0 Å². The monoisotopic (exact) mass is 456 g/mol. The van der Waals surface area contributed by atoms with E-state index in [0.29, 0.717) is 10.7 Å². The number of benzene rings is 3. The summed E-state index contributed by atoms with van der Waals surface area (Å²) in [5.74, 6) is -0.00832. The van der Waals surface area contributed by atoms with Crippen LogP contribution in [0.1, 0.15) is 27.8 Å². The van der Waals surface area contributed by atoms with Gasteiger partial charge in [0, 0.05) is 27.6 Å². The Bertz CT molecular complexity index is 1400. The maximum Gasteiger partial charge on any atom is 0.248 e. The molecule has 33 heavy (non-hydrogen) atoms. The van der Waals surface area contributed by atoms with E-state index in [1.165, 1.54) is 6.08 Å². The molecule has 1 aromatic heterocycles. The Morgan fingerprint density at radius 3 is 2.39 bits per heavy atom. The van der Waals surface area contributed by atoms with Gasteiger partial charge in [-0.2, -0.15) is 0 Å². The molecule has 0 fully saturated rings. The van der Waals surface area contributed by atoms with Crippen molar-refractivity contribution >= 4 is 40.2 Å². The number of rotatable bonds is 4. The SMILES string of the molecule is Cc1cc(C)c2ncc(NC(=O)/C=C/c3cc(C)c(O)c(C)c3)c(-c3ccccc3Cl)c2c1. The van der Waals surface area contributed by atoms with Gasteiger partial charge in [-0.3, -0.25) is 9.78 Å². The van der Waals surface area contributed by atoms with E-state index in [-0.39, 0.29) is 11.7 Å². The first-order chi connectivity index (χ1) is 15.7. The van der Waals surface area contributed by atoms with Crippen LogP contribution in [0.4, 0.5) is 5.69 Å². The summed E-state index contributed by atoms with van der Waals surface area (Å²) in [5.41, 5.74) is 7.68. The van der Waals surface area contributed by atoms with Crippen LogP contribution in [0.15, 0.2) is 60.8 Å². The highest BCUT2D eigenvalue weighted by Gasteiger charge is 2.16. The summed E-state index contributed by atoms with van der Waals surface area (Å²) in [5, 5.41) is 14.5. The zero-order valence-corrected chi connectivity index (χ0v) is 19.8. The molecule has 3 aromatic carbocycles. The van der Waals surface area contributed by atoms with E-state index in [4.69, 9.17) is 11.6 Å². The van der Waals surface area contributed by atoms with Crippen molar-refractivity contribution in [2.45, 2.75) is 27.7 Å². The van der Waals surface area contributed by atoms with Crippen LogP contribution in [0.25, 0.3) is 28.1 Å². The summed E-state index contributed by atoms with van der Waals surface area (Å²) in [6.45, 7) is 7.74. The van der Waals surface area contributed by atoms with Crippen molar-refractivity contribution in [1.82, 2.24) is 4.98 Å². The lowest BCUT2D eigenvalue weighted by atomic mass is 9.96. The van der Waals surface area contributed by atoms with Gasteiger partial charge in [0.05, 0.1) is 17.4 Å². The molecule has 0 saturated carbocycles. The molecular formula is C28H25ClN2O2. The molecular weight excluding hydrogens is 432 g/mol. The fraction of sp³-hybridized carbons (Fsp3) is 0.143. The fourth-order valence-corrected chi connectivity index (χ4v) is 4.37. The second-order valence-corrected chi connectivity index (χ2v) is 8.74. The quantitative estimate of drug-likeness (QED) is 0.320. The van der Waals surface area contributed by atoms with Crippen LogP contribution < -0.4 is 5.32 Å². The molecule has 0 aliphatic rings. The molecule has 0 bridgehead atoms. The van der Waals surface area contributed by atoms with Gasteiger partial charge in [-0.1, -0.05) is 41.4 Å². The van der Waals surface area contributed by atoms with Crippen LogP contribution in [0, 0.1) is 27.7 Å². The van der Waals surface area contributed by atoms with Gasteiger partial charge in [-0.05, 0) is 80.3 Å². The number of carbonyl (C=O) groups is 1. The number of aromatic hydroxyl groups is 1. The third-order valence-corrected chi connectivity index (χ3v) is 5.98. The topological polar surface area (TPSA) is 62.2 Å². The number of fused-ring (bicyclic) bond motifs is 1. The molecule has 0 unspecified atom stereocenters. The molecule has 0 spiro atoms. The zero-order chi connectivity index (χ0) is 23.7. The van der Waals surface area contributed by atoms with E-state index in [0.717, 1.165) is 49.8 Å². The minimum Gasteiger partial charge on any atom is -0.507 e. The number of pyridine rings is 1. The summed E-state index contributed by atoms with van der Waals surface area (Å²) in [7, 11) is 0. The highest BCUT2D eigenvalue weighted by Crippen LogP contribution is 2.39. The smallest absolute Gasteiger partial charge is 0.248 e. The Balaban J connectivity index is 1.77. The normalized spacial score (nSPS) is 11.3. The highest BCUT2D eigenvalue weighted by molar-refractivity contribution is 6.34. The first kappa shape index (κ1) is 22.6. The summed E-state index contributed by atoms with van der Waals surface area (Å²) in [6.07, 6.45) is 4.89. The second kappa shape index (κ2) is 9.08. The van der Waals surface area contributed by atoms with Gasteiger partial charge in [0.1, 0.15) is 5.75 Å². The first-order valence-corrected chi connectivity index (χ1v) is 11.1. The number of hydrogen-bond acceptors (Lipinski definition) is 3. The van der Waals surface area contributed by atoms with Crippen LogP contribution in [-0.2, 0) is 4.79 Å². The molecule has 0 radical (unpaired) electrons. The van der Waals surface area contributed by atoms with E-state index in [2.05, 4.69) is 22.4 Å². The average Bonchev–Trinajstić information content (AvgIpc) is 2.76. The van der Waals surface area contributed by atoms with Crippen molar-refractivity contribution in [2.75, 3.05) is 5.32 Å². The van der Waals surface area contributed by atoms with Crippen molar-refractivity contribution in [3.8, 4) is 16.9 Å². The van der Waals surface area contributed by atoms with Crippen molar-refractivity contribution < 1.29 is 9.90 Å². The molecule has 0 aliphatic heterocycles. The predicted molar refractivity (Wildman–Crippen MR) is 137 cm³/mol. The number of nitrogens with one attached hydrogen (secondary N) is 1. The standard InChI is InChI=1S/C28H25ClN2O2/c1-16-11-17(2)27-22(12-16)26(21-7-5-6-8-23(21)29)24(15-30-27)31-25(32)10-9-20-13-18(3)28(33)19(4)14-20/h5-15,33H,1-4H3,(H,31,32)/b10-9+. The van der Waals surface area contributed by atoms with Gasteiger partial charge in [0.25, 0.3) is 0 Å². The van der Waals surface area contributed by atoms with Crippen molar-refractivity contribution in [3.05, 3.63) is 93.6 Å². The summed E-state index contributed by atoms with van der Waals surface area (Å²) in [4.78, 5) is 17.5. The Morgan fingerprint density at radius 1 is 1.00 bits per heavy atom. The maximum absolute atomic E-state index is 12.9. The Hall–Kier alpha value is -3.63. The zero-order valence-electron chi connectivity index (χ0n) is 19.0. The summed E-state index contributed by atoms with van der Waals surface area (Å²) >= 11 is 6.56. The number of phenols is 1. The third-order valence-electron chi connectivity index (χ3n) is 5.65. The van der Waals surface area contributed by atoms with Crippen LogP contribution in [0.3, 0.4) is 0 Å². The Kier molecular flexibility index (Phi) is 6.21. The molecule has 166 valence electrons. The van der Waals surface area contributed by atoms with Gasteiger partial charge >= 0.3 is 0 Å². The van der Waals surface area contributed by atoms with Crippen molar-refractivity contribution in [1.29, 1.82) is 0 Å². The summed E-state index contributed by atoms with van der Waals surface area (Å²) in [6, 6.07) is 15.4. The van der Waals surface area contributed by atoms with E-state index >= 15 is 0 Å². The van der Waals surface area contributed by atoms with Gasteiger partial charge < -0.3 is 10.4 Å². The fourth-order valence-electron chi connectivity index (χ4n) is 4.14. The number of nitrogens with zero attached hydrogens (tertiary/aromatic N) is 1. The number of halogens is 1. The highest BCUT2D eigenvalue weighted by atomic mass is 35.5. The largest absolute Gasteiger partial charge is 0.507 e. The summed E-state index contributed by atoms with van der Waals surface area (Å²) < 4.78 is 0. The molecule has 1 amide bonds. The number of amides is 1. The molecule has 5 heteroatoms. The molecule has 2 N–H and O–H groups in total. The first-order valence-electron chi connectivity index (χ1n) is 10.7. The lowest BCUT2D eigenvalue weighted by molar-refractivity contribution is -0.111. The molecule has 4 aromatic rings. The van der Waals surface area contributed by atoms with Crippen molar-refractivity contribution in [3.63, 3.8) is 0 Å². The number of hydrogen-bond donors (Lipinski definition) is 2. The lowest BCUT2D eigenvalue weighted by Gasteiger charge is -2.16. The van der Waals surface area contributed by atoms with Gasteiger partial charge in [-0.25, -0.2) is 0 Å². The minimum absolute atomic E-state index is 0.272. The number of aromatic nitrogens is 1. The third kappa shape index (κ3) is 4.62. The lowest BCUT2D eigenvalue weighted by Crippen LogP contribution is -2.10. The number of carbonyl (C=O) groups excluding carboxylic acids is 1. The molecule has 4 rings (SSSR count). The average molecular weight is 457 g/mol. The number of aryl methyl sites for hydroxylation is 4. The predicted octanol–water partition coefficient (Wildman–Crippen LogP) is 7.15. The molecule has 0 atom stereocenters. The maximum atomic E-state index is 12.9. The van der Waals surface area contributed by atoms with Crippen LogP contribution in [0.2, 0.25) is 5.02 Å². The van der Waals surface area contributed by atoms with Crippen LogP contribution >= 0.6 is 11.6 Å². The second-order valence-electron chi connectivity index (χ2n) is 8.33. The van der Waals surface area contributed by atoms with Gasteiger partial charge in [-0.15, -0.1) is 0 Å². The van der Waals surface area contributed by atoms with E-state index in [1.54, 1.807) is 12.3 Å². The van der Waals surface area contributed by atoms with E-state index in [9.17, 15) is 9.90 Å². The Morgan fingerprint density at radius 2 is 1.70 bits per heavy atom. The Labute approximate surface area is 198 Å². The number of anilines is 1. The van der Waals surface area contributed by atoms with Gasteiger partial charge in [0.15, 0.2) is 0 Å².